The van der Waals surface area contributed by atoms with Crippen LogP contribution in [-0.4, -0.2) is 47.4 Å². The third-order valence-electron chi connectivity index (χ3n) is 7.64. The zero-order valence-corrected chi connectivity index (χ0v) is 23.3. The van der Waals surface area contributed by atoms with Crippen LogP contribution in [0.2, 0.25) is 0 Å². The van der Waals surface area contributed by atoms with Gasteiger partial charge < -0.3 is 10.2 Å². The average molecular weight is 516 g/mol. The Morgan fingerprint density at radius 1 is 1.18 bits per heavy atom. The first kappa shape index (κ1) is 29.1. The lowest BCUT2D eigenvalue weighted by Crippen LogP contribution is -2.57. The van der Waals surface area contributed by atoms with Gasteiger partial charge in [-0.3, -0.25) is 14.5 Å². The number of benzene rings is 1. The van der Waals surface area contributed by atoms with Crippen LogP contribution in [0, 0.1) is 11.3 Å². The molecule has 0 aliphatic carbocycles. The van der Waals surface area contributed by atoms with E-state index in [1.165, 1.54) is 12.0 Å². The summed E-state index contributed by atoms with van der Waals surface area (Å²) in [5.74, 6) is 0.926. The molecular weight excluding hydrogens is 474 g/mol. The molecule has 0 radical (unpaired) electrons. The van der Waals surface area contributed by atoms with E-state index in [0.29, 0.717) is 41.0 Å². The molecule has 0 aromatic heterocycles. The molecule has 3 rings (SSSR count). The number of rotatable bonds is 12. The summed E-state index contributed by atoms with van der Waals surface area (Å²) < 4.78 is 0. The maximum atomic E-state index is 11.9. The van der Waals surface area contributed by atoms with Crippen LogP contribution in [0.1, 0.15) is 70.1 Å². The predicted molar refractivity (Wildman–Crippen MR) is 156 cm³/mol. The van der Waals surface area contributed by atoms with Gasteiger partial charge in [-0.2, -0.15) is 5.26 Å². The fraction of sp³-hybridized carbons (Fsp3) is 0.484. The number of allylic oxidation sites excluding steroid dienone is 1. The van der Waals surface area contributed by atoms with E-state index in [0.717, 1.165) is 51.2 Å². The molecule has 1 saturated heterocycles. The molecular formula is C31H41N5O2. The molecule has 1 aliphatic rings. The molecule has 1 heterocycles. The molecule has 2 atom stereocenters. The second-order valence-electron chi connectivity index (χ2n) is 9.99. The predicted octanol–water partition coefficient (Wildman–Crippen LogP) is 4.77. The number of hydrogen-bond donors (Lipinski definition) is 1. The van der Waals surface area contributed by atoms with Crippen molar-refractivity contribution in [3.05, 3.63) is 86.0 Å². The van der Waals surface area contributed by atoms with Crippen molar-refractivity contribution < 1.29 is 0 Å². The Hall–Kier alpha value is -3.50. The molecule has 7 heteroatoms. The lowest BCUT2D eigenvalue weighted by molar-refractivity contribution is 0.0578. The van der Waals surface area contributed by atoms with Crippen LogP contribution < -0.4 is 16.2 Å². The first-order chi connectivity index (χ1) is 18.4. The van der Waals surface area contributed by atoms with Gasteiger partial charge in [0.25, 0.3) is 0 Å². The standard InChI is InChI=1S/C31H41N5O2/c1-6-10-27(16-15-23-11-13-24(19-32)14-12-23)36-18-17-35(21-26(36)8-3)22(5)33-20-25(7-2)34-29-28(9-4)30(37)31(29)38/h7,11-14,20,26-27,34H,2,6,8-10,15-18,21H2,1,3-5H3/b25-20+,33-22?. The van der Waals surface area contributed by atoms with Crippen molar-refractivity contribution in [3.8, 4) is 6.07 Å². The second-order valence-corrected chi connectivity index (χ2v) is 9.99. The van der Waals surface area contributed by atoms with Crippen LogP contribution in [0.5, 0.6) is 0 Å². The van der Waals surface area contributed by atoms with Crippen LogP contribution in [0.15, 0.2) is 63.4 Å². The highest BCUT2D eigenvalue weighted by Crippen LogP contribution is 2.23. The van der Waals surface area contributed by atoms with Gasteiger partial charge in [-0.15, -0.1) is 0 Å². The highest BCUT2D eigenvalue weighted by molar-refractivity contribution is 5.80. The van der Waals surface area contributed by atoms with Crippen molar-refractivity contribution in [1.82, 2.24) is 9.80 Å². The second kappa shape index (κ2) is 13.9. The van der Waals surface area contributed by atoms with Gasteiger partial charge in [0.2, 0.25) is 10.9 Å². The number of aliphatic imine (C=N–C) groups is 1. The van der Waals surface area contributed by atoms with Crippen molar-refractivity contribution in [2.45, 2.75) is 78.3 Å². The van der Waals surface area contributed by atoms with Crippen molar-refractivity contribution in [2.24, 2.45) is 4.99 Å². The zero-order valence-electron chi connectivity index (χ0n) is 23.3. The van der Waals surface area contributed by atoms with Crippen molar-refractivity contribution >= 4 is 11.5 Å². The molecule has 38 heavy (non-hydrogen) atoms. The molecule has 1 N–H and O–H groups in total. The lowest BCUT2D eigenvalue weighted by atomic mass is 9.96. The molecule has 0 amide bonds. The Morgan fingerprint density at radius 3 is 2.53 bits per heavy atom. The molecule has 1 aliphatic heterocycles. The van der Waals surface area contributed by atoms with E-state index in [1.54, 1.807) is 12.3 Å². The molecule has 2 aromatic rings. The molecule has 2 aromatic carbocycles. The van der Waals surface area contributed by atoms with E-state index in [2.05, 4.69) is 58.7 Å². The summed E-state index contributed by atoms with van der Waals surface area (Å²) >= 11 is 0. The van der Waals surface area contributed by atoms with Crippen LogP contribution in [-0.2, 0) is 12.8 Å². The maximum Gasteiger partial charge on any atom is 0.249 e. The first-order valence-corrected chi connectivity index (χ1v) is 13.8. The third kappa shape index (κ3) is 6.87. The number of hydrogen-bond acceptors (Lipinski definition) is 6. The molecule has 0 bridgehead atoms. The highest BCUT2D eigenvalue weighted by Gasteiger charge is 2.31. The number of nitrogens with zero attached hydrogens (tertiary/aromatic N) is 4. The van der Waals surface area contributed by atoms with Crippen molar-refractivity contribution in [1.29, 1.82) is 5.26 Å². The van der Waals surface area contributed by atoms with Gasteiger partial charge in [0, 0.05) is 37.3 Å². The topological polar surface area (TPSA) is 88.8 Å². The average Bonchev–Trinajstić information content (AvgIpc) is 2.96. The Kier molecular flexibility index (Phi) is 10.6. The Bertz CT molecular complexity index is 1260. The Labute approximate surface area is 226 Å². The summed E-state index contributed by atoms with van der Waals surface area (Å²) in [6.45, 7) is 15.0. The summed E-state index contributed by atoms with van der Waals surface area (Å²) in [6.07, 6.45) is 9.34. The number of aryl methyl sites for hydroxylation is 1. The minimum atomic E-state index is -0.474. The molecule has 202 valence electrons. The van der Waals surface area contributed by atoms with Gasteiger partial charge >= 0.3 is 0 Å². The fourth-order valence-electron chi connectivity index (χ4n) is 5.33. The molecule has 1 fully saturated rings. The minimum absolute atomic E-state index is 0.360. The molecule has 0 spiro atoms. The summed E-state index contributed by atoms with van der Waals surface area (Å²) in [5, 5.41) is 12.1. The number of piperazine rings is 1. The van der Waals surface area contributed by atoms with Gasteiger partial charge in [-0.25, -0.2) is 4.99 Å². The molecule has 2 unspecified atom stereocenters. The smallest absolute Gasteiger partial charge is 0.249 e. The third-order valence-corrected chi connectivity index (χ3v) is 7.64. The molecule has 0 saturated carbocycles. The van der Waals surface area contributed by atoms with Gasteiger partial charge in [0.05, 0.1) is 29.2 Å². The van der Waals surface area contributed by atoms with Crippen LogP contribution in [0.4, 0.5) is 5.69 Å². The van der Waals surface area contributed by atoms with Crippen LogP contribution in [0.3, 0.4) is 0 Å². The van der Waals surface area contributed by atoms with Gasteiger partial charge in [-0.05, 0) is 62.8 Å². The SMILES string of the molecule is C=C/C(=C\N=C(C)N1CCN(C(CCC)CCc2ccc(C#N)cc2)C(CC)C1)Nc1c(CC)c(=O)c1=O. The number of anilines is 1. The summed E-state index contributed by atoms with van der Waals surface area (Å²) in [7, 11) is 0. The van der Waals surface area contributed by atoms with Gasteiger partial charge in [-0.1, -0.05) is 45.9 Å². The fourth-order valence-corrected chi connectivity index (χ4v) is 5.33. The van der Waals surface area contributed by atoms with Crippen LogP contribution >= 0.6 is 0 Å². The monoisotopic (exact) mass is 515 g/mol. The zero-order chi connectivity index (χ0) is 27.7. The van der Waals surface area contributed by atoms with Crippen LogP contribution in [0.25, 0.3) is 0 Å². The largest absolute Gasteiger partial charge is 0.357 e. The van der Waals surface area contributed by atoms with E-state index < -0.39 is 10.9 Å². The summed E-state index contributed by atoms with van der Waals surface area (Å²) in [6, 6.07) is 11.1. The van der Waals surface area contributed by atoms with E-state index in [1.807, 2.05) is 26.0 Å². The Balaban J connectivity index is 1.65. The first-order valence-electron chi connectivity index (χ1n) is 13.8. The van der Waals surface area contributed by atoms with E-state index >= 15 is 0 Å². The minimum Gasteiger partial charge on any atom is -0.357 e. The van der Waals surface area contributed by atoms with E-state index in [-0.39, 0.29) is 0 Å². The summed E-state index contributed by atoms with van der Waals surface area (Å²) in [5.41, 5.74) is 2.61. The Morgan fingerprint density at radius 2 is 1.92 bits per heavy atom. The summed E-state index contributed by atoms with van der Waals surface area (Å²) in [4.78, 5) is 33.4. The lowest BCUT2D eigenvalue weighted by Gasteiger charge is -2.46. The van der Waals surface area contributed by atoms with Gasteiger partial charge in [0.15, 0.2) is 0 Å². The van der Waals surface area contributed by atoms with E-state index in [4.69, 9.17) is 5.26 Å². The van der Waals surface area contributed by atoms with Crippen molar-refractivity contribution in [2.75, 3.05) is 25.0 Å². The van der Waals surface area contributed by atoms with Gasteiger partial charge in [0.1, 0.15) is 5.84 Å². The number of nitrogens with one attached hydrogen (secondary N) is 1. The number of nitriles is 1. The number of amidine groups is 1. The van der Waals surface area contributed by atoms with Crippen molar-refractivity contribution in [3.63, 3.8) is 0 Å². The highest BCUT2D eigenvalue weighted by atomic mass is 16.2. The van der Waals surface area contributed by atoms with E-state index in [9.17, 15) is 9.59 Å². The quantitative estimate of drug-likeness (QED) is 0.190. The maximum absolute atomic E-state index is 11.9. The molecule has 7 nitrogen and oxygen atoms in total. The normalized spacial score (nSPS) is 17.9.